The predicted octanol–water partition coefficient (Wildman–Crippen LogP) is 3.67. The first-order valence-electron chi connectivity index (χ1n) is 10.4. The Morgan fingerprint density at radius 2 is 2.21 bits per heavy atom. The first kappa shape index (κ1) is 19.5. The molecule has 2 saturated heterocycles. The summed E-state index contributed by atoms with van der Waals surface area (Å²) in [5, 5.41) is 16.1. The second kappa shape index (κ2) is 6.64. The van der Waals surface area contributed by atoms with Gasteiger partial charge in [-0.05, 0) is 24.5 Å². The second-order valence-electron chi connectivity index (χ2n) is 8.82. The number of anilines is 1. The number of rotatable bonds is 4. The minimum atomic E-state index is -0.171. The number of aldehydes is 1. The topological polar surface area (TPSA) is 52.2 Å². The number of halogens is 1. The van der Waals surface area contributed by atoms with Crippen LogP contribution < -0.4 is 10.4 Å². The van der Waals surface area contributed by atoms with Crippen LogP contribution in [-0.2, 0) is 10.2 Å². The molecular weight excluding hydrogens is 372 g/mol. The number of hydrogen-bond donors (Lipinski definition) is 1. The summed E-state index contributed by atoms with van der Waals surface area (Å²) >= 11 is 0. The fraction of sp³-hybridized carbons (Fsp3) is 0.522. The van der Waals surface area contributed by atoms with Gasteiger partial charge < -0.3 is 14.9 Å². The van der Waals surface area contributed by atoms with Gasteiger partial charge in [-0.15, -0.1) is 12.4 Å². The van der Waals surface area contributed by atoms with Crippen LogP contribution in [0.1, 0.15) is 45.1 Å². The molecule has 150 valence electrons. The summed E-state index contributed by atoms with van der Waals surface area (Å²) in [5.74, 6) is 0.261. The minimum Gasteiger partial charge on any atom is -0.871 e. The van der Waals surface area contributed by atoms with Crippen LogP contribution in [0.5, 0.6) is 5.75 Å². The highest BCUT2D eigenvalue weighted by Crippen LogP contribution is 2.64. The highest BCUT2D eigenvalue weighted by Gasteiger charge is 2.68. The lowest BCUT2D eigenvalue weighted by Crippen LogP contribution is -2.63. The van der Waals surface area contributed by atoms with Gasteiger partial charge in [-0.3, -0.25) is 4.79 Å². The van der Waals surface area contributed by atoms with Crippen molar-refractivity contribution in [1.82, 2.24) is 0 Å². The molecular formula is C23H29ClN2O2. The van der Waals surface area contributed by atoms with E-state index in [4.69, 9.17) is 0 Å². The monoisotopic (exact) mass is 400 g/mol. The van der Waals surface area contributed by atoms with Gasteiger partial charge in [-0.1, -0.05) is 43.4 Å². The molecule has 2 bridgehead atoms. The van der Waals surface area contributed by atoms with Gasteiger partial charge in [0.15, 0.2) is 0 Å². The maximum Gasteiger partial charge on any atom is 0.148 e. The normalized spacial score (nSPS) is 35.9. The minimum absolute atomic E-state index is 0. The summed E-state index contributed by atoms with van der Waals surface area (Å²) in [6.07, 6.45) is 7.80. The third-order valence-electron chi connectivity index (χ3n) is 7.91. The maximum absolute atomic E-state index is 12.6. The number of quaternary nitrogens is 1. The molecule has 4 nitrogen and oxygen atoms in total. The van der Waals surface area contributed by atoms with E-state index in [1.165, 1.54) is 25.0 Å². The fourth-order valence-electron chi connectivity index (χ4n) is 6.74. The zero-order chi connectivity index (χ0) is 18.8. The molecule has 5 rings (SSSR count). The summed E-state index contributed by atoms with van der Waals surface area (Å²) in [4.78, 5) is 12.2. The van der Waals surface area contributed by atoms with Crippen LogP contribution in [0, 0.1) is 5.92 Å². The largest absolute Gasteiger partial charge is 0.871 e. The summed E-state index contributed by atoms with van der Waals surface area (Å²) in [5.41, 5.74) is 5.05. The van der Waals surface area contributed by atoms with Crippen molar-refractivity contribution in [2.24, 2.45) is 5.92 Å². The van der Waals surface area contributed by atoms with Crippen molar-refractivity contribution in [2.45, 2.75) is 51.0 Å². The van der Waals surface area contributed by atoms with E-state index in [2.05, 4.69) is 31.3 Å². The van der Waals surface area contributed by atoms with Crippen LogP contribution in [0.25, 0.3) is 0 Å². The van der Waals surface area contributed by atoms with Gasteiger partial charge in [0.05, 0.1) is 18.5 Å². The Morgan fingerprint density at radius 3 is 2.93 bits per heavy atom. The Kier molecular flexibility index (Phi) is 4.63. The average molecular weight is 401 g/mol. The second-order valence-corrected chi connectivity index (χ2v) is 8.82. The zero-order valence-corrected chi connectivity index (χ0v) is 17.5. The molecule has 1 spiro atoms. The van der Waals surface area contributed by atoms with Gasteiger partial charge in [0.1, 0.15) is 18.9 Å². The number of allylic oxidation sites excluding steroid dienone is 2. The molecule has 1 aliphatic carbocycles. The molecule has 4 atom stereocenters. The number of benzene rings is 1. The van der Waals surface area contributed by atoms with Gasteiger partial charge in [0.2, 0.25) is 0 Å². The molecule has 1 aromatic rings. The lowest BCUT2D eigenvalue weighted by molar-refractivity contribution is -0.941. The van der Waals surface area contributed by atoms with Crippen LogP contribution in [0.4, 0.5) is 5.69 Å². The standard InChI is InChI=1S/C23H28N2O2.ClH/c1-3-5-10-25-11-9-23-18-7-6-8-19(27)21(18)24-22(23)17(14-26)16(12-20(23)25)15(4-2)13-25;/h4,6-8,14,16,20H,3,5,9-13H2,1-2H3,(H-,24,26,27);1H/b15-4-;/t16-,20-,23?,25?;/m0./s1. The van der Waals surface area contributed by atoms with Gasteiger partial charge >= 0.3 is 0 Å². The van der Waals surface area contributed by atoms with E-state index in [9.17, 15) is 9.90 Å². The number of para-hydroxylation sites is 1. The first-order valence-corrected chi connectivity index (χ1v) is 10.4. The Hall–Kier alpha value is -1.78. The molecule has 0 aromatic heterocycles. The van der Waals surface area contributed by atoms with E-state index >= 15 is 0 Å². The van der Waals surface area contributed by atoms with E-state index in [1.54, 1.807) is 6.07 Å². The lowest BCUT2D eigenvalue weighted by atomic mass is 9.61. The van der Waals surface area contributed by atoms with E-state index in [-0.39, 0.29) is 29.5 Å². The van der Waals surface area contributed by atoms with Crippen LogP contribution in [0.15, 0.2) is 41.1 Å². The molecule has 3 aliphatic heterocycles. The van der Waals surface area contributed by atoms with Crippen molar-refractivity contribution >= 4 is 24.4 Å². The smallest absolute Gasteiger partial charge is 0.148 e. The Labute approximate surface area is 173 Å². The molecule has 1 aromatic carbocycles. The fourth-order valence-corrected chi connectivity index (χ4v) is 6.74. The van der Waals surface area contributed by atoms with Gasteiger partial charge in [0, 0.05) is 35.7 Å². The molecule has 2 fully saturated rings. The van der Waals surface area contributed by atoms with E-state index in [0.29, 0.717) is 6.04 Å². The molecule has 0 saturated carbocycles. The SMILES string of the molecule is C/C=C1/C[N+]2(CCCC)CCC34C(=C(C=O)[C@H]1C[C@@H]32)Nc1c([O-])cccc14.Cl. The zero-order valence-electron chi connectivity index (χ0n) is 16.7. The van der Waals surface area contributed by atoms with Crippen molar-refractivity contribution in [3.63, 3.8) is 0 Å². The molecule has 4 aliphatic rings. The van der Waals surface area contributed by atoms with Gasteiger partial charge in [-0.25, -0.2) is 0 Å². The van der Waals surface area contributed by atoms with Crippen LogP contribution >= 0.6 is 12.4 Å². The molecule has 2 unspecified atom stereocenters. The molecule has 0 radical (unpaired) electrons. The third kappa shape index (κ3) is 2.19. The summed E-state index contributed by atoms with van der Waals surface area (Å²) in [6.45, 7) is 7.77. The molecule has 5 heteroatoms. The molecule has 1 N–H and O–H groups in total. The van der Waals surface area contributed by atoms with Crippen molar-refractivity contribution in [1.29, 1.82) is 0 Å². The lowest BCUT2D eigenvalue weighted by Gasteiger charge is -2.53. The van der Waals surface area contributed by atoms with Gasteiger partial charge in [0.25, 0.3) is 0 Å². The number of nitrogens with one attached hydrogen (secondary N) is 1. The van der Waals surface area contributed by atoms with E-state index in [1.807, 2.05) is 6.07 Å². The van der Waals surface area contributed by atoms with E-state index in [0.717, 1.165) is 59.2 Å². The van der Waals surface area contributed by atoms with Crippen LogP contribution in [0.2, 0.25) is 0 Å². The summed E-state index contributed by atoms with van der Waals surface area (Å²) in [7, 11) is 0. The quantitative estimate of drug-likeness (QED) is 0.476. The number of fused-ring (bicyclic) bond motifs is 2. The van der Waals surface area contributed by atoms with Crippen molar-refractivity contribution in [3.05, 3.63) is 46.7 Å². The molecule has 0 amide bonds. The molecule has 28 heavy (non-hydrogen) atoms. The van der Waals surface area contributed by atoms with Crippen molar-refractivity contribution in [3.8, 4) is 5.75 Å². The maximum atomic E-state index is 12.6. The Morgan fingerprint density at radius 1 is 1.39 bits per heavy atom. The Bertz CT molecular complexity index is 893. The number of hydrogen-bond acceptors (Lipinski definition) is 3. The number of carbonyl (C=O) groups is 1. The summed E-state index contributed by atoms with van der Waals surface area (Å²) < 4.78 is 1.13. The predicted molar refractivity (Wildman–Crippen MR) is 112 cm³/mol. The number of piperidine rings is 1. The highest BCUT2D eigenvalue weighted by atomic mass is 35.5. The summed E-state index contributed by atoms with van der Waals surface area (Å²) in [6, 6.07) is 6.13. The number of nitrogens with zero attached hydrogens (tertiary/aromatic N) is 1. The Balaban J connectivity index is 0.00000192. The van der Waals surface area contributed by atoms with Crippen molar-refractivity contribution in [2.75, 3.05) is 25.0 Å². The van der Waals surface area contributed by atoms with Crippen LogP contribution in [0.3, 0.4) is 0 Å². The van der Waals surface area contributed by atoms with Gasteiger partial charge in [-0.2, -0.15) is 0 Å². The molecule has 3 heterocycles. The first-order chi connectivity index (χ1) is 13.1. The third-order valence-corrected chi connectivity index (χ3v) is 7.91. The highest BCUT2D eigenvalue weighted by molar-refractivity contribution is 5.86. The number of carbonyl (C=O) groups excluding carboxylic acids is 1. The van der Waals surface area contributed by atoms with Crippen LogP contribution in [-0.4, -0.2) is 36.4 Å². The van der Waals surface area contributed by atoms with Crippen molar-refractivity contribution < 1.29 is 14.4 Å². The number of unbranched alkanes of at least 4 members (excludes halogenated alkanes) is 1. The average Bonchev–Trinajstić information content (AvgIpc) is 3.21. The van der Waals surface area contributed by atoms with E-state index < -0.39 is 0 Å².